The standard InChI is InChI=1S/C13H10ClNO4S/c14-8-1-3-9(4-2-8)15-12(16)6-19-10-5-11(13(17)18)20-7-10/h1-5,7H,6H2,(H,15,16)(H,17,18). The Morgan fingerprint density at radius 2 is 2.00 bits per heavy atom. The molecule has 7 heteroatoms. The quantitative estimate of drug-likeness (QED) is 0.889. The number of amides is 1. The fraction of sp³-hybridized carbons (Fsp3) is 0.0769. The van der Waals surface area contributed by atoms with E-state index in [2.05, 4.69) is 5.32 Å². The van der Waals surface area contributed by atoms with Gasteiger partial charge in [0, 0.05) is 22.2 Å². The van der Waals surface area contributed by atoms with Gasteiger partial charge in [-0.15, -0.1) is 11.3 Å². The summed E-state index contributed by atoms with van der Waals surface area (Å²) in [6, 6.07) is 8.05. The van der Waals surface area contributed by atoms with Gasteiger partial charge in [-0.05, 0) is 24.3 Å². The number of aromatic carboxylic acids is 1. The molecule has 0 unspecified atom stereocenters. The van der Waals surface area contributed by atoms with E-state index in [-0.39, 0.29) is 17.4 Å². The van der Waals surface area contributed by atoms with Crippen LogP contribution in [0.3, 0.4) is 0 Å². The first kappa shape index (κ1) is 14.4. The molecule has 20 heavy (non-hydrogen) atoms. The number of nitrogens with one attached hydrogen (secondary N) is 1. The number of anilines is 1. The van der Waals surface area contributed by atoms with Crippen LogP contribution in [0.15, 0.2) is 35.7 Å². The Bertz CT molecular complexity index is 624. The van der Waals surface area contributed by atoms with E-state index >= 15 is 0 Å². The first-order valence-electron chi connectivity index (χ1n) is 5.54. The minimum absolute atomic E-state index is 0.165. The SMILES string of the molecule is O=C(COc1csc(C(=O)O)c1)Nc1ccc(Cl)cc1. The zero-order valence-electron chi connectivity index (χ0n) is 10.1. The number of ether oxygens (including phenoxy) is 1. The molecule has 1 amide bonds. The van der Waals surface area contributed by atoms with E-state index in [4.69, 9.17) is 21.4 Å². The van der Waals surface area contributed by atoms with Crippen LogP contribution in [0.4, 0.5) is 5.69 Å². The van der Waals surface area contributed by atoms with Crippen molar-refractivity contribution >= 4 is 40.5 Å². The van der Waals surface area contributed by atoms with Crippen LogP contribution in [0, 0.1) is 0 Å². The normalized spacial score (nSPS) is 10.1. The molecule has 0 radical (unpaired) electrons. The highest BCUT2D eigenvalue weighted by molar-refractivity contribution is 7.12. The molecule has 0 aliphatic heterocycles. The lowest BCUT2D eigenvalue weighted by atomic mass is 10.3. The van der Waals surface area contributed by atoms with Crippen molar-refractivity contribution in [1.82, 2.24) is 0 Å². The lowest BCUT2D eigenvalue weighted by Gasteiger charge is -2.06. The Balaban J connectivity index is 1.85. The van der Waals surface area contributed by atoms with Gasteiger partial charge in [0.2, 0.25) is 0 Å². The largest absolute Gasteiger partial charge is 0.483 e. The zero-order valence-corrected chi connectivity index (χ0v) is 11.7. The van der Waals surface area contributed by atoms with Crippen LogP contribution in [-0.4, -0.2) is 23.6 Å². The summed E-state index contributed by atoms with van der Waals surface area (Å²) in [6.45, 7) is -0.196. The third kappa shape index (κ3) is 3.97. The monoisotopic (exact) mass is 311 g/mol. The second-order valence-corrected chi connectivity index (χ2v) is 5.14. The number of carboxylic acid groups (broad SMARTS) is 1. The number of hydrogen-bond donors (Lipinski definition) is 2. The van der Waals surface area contributed by atoms with E-state index in [1.165, 1.54) is 6.07 Å². The van der Waals surface area contributed by atoms with E-state index in [0.29, 0.717) is 16.5 Å². The van der Waals surface area contributed by atoms with Crippen molar-refractivity contribution in [1.29, 1.82) is 0 Å². The Labute approximate surface area is 123 Å². The number of carbonyl (C=O) groups excluding carboxylic acids is 1. The lowest BCUT2D eigenvalue weighted by molar-refractivity contribution is -0.118. The summed E-state index contributed by atoms with van der Waals surface area (Å²) in [5.74, 6) is -0.996. The van der Waals surface area contributed by atoms with Crippen molar-refractivity contribution < 1.29 is 19.4 Å². The number of rotatable bonds is 5. The van der Waals surface area contributed by atoms with Crippen molar-refractivity contribution in [2.24, 2.45) is 0 Å². The van der Waals surface area contributed by atoms with Gasteiger partial charge in [0.25, 0.3) is 5.91 Å². The average molecular weight is 312 g/mol. The summed E-state index contributed by atoms with van der Waals surface area (Å²) < 4.78 is 5.20. The van der Waals surface area contributed by atoms with E-state index < -0.39 is 5.97 Å². The van der Waals surface area contributed by atoms with Crippen LogP contribution in [0.1, 0.15) is 9.67 Å². The number of thiophene rings is 1. The van der Waals surface area contributed by atoms with E-state index in [1.807, 2.05) is 0 Å². The molecular weight excluding hydrogens is 302 g/mol. The fourth-order valence-corrected chi connectivity index (χ4v) is 2.18. The van der Waals surface area contributed by atoms with E-state index in [9.17, 15) is 9.59 Å². The molecule has 2 aromatic rings. The predicted molar refractivity (Wildman–Crippen MR) is 76.9 cm³/mol. The van der Waals surface area contributed by atoms with Gasteiger partial charge in [-0.1, -0.05) is 11.6 Å². The van der Waals surface area contributed by atoms with Gasteiger partial charge >= 0.3 is 5.97 Å². The molecule has 104 valence electrons. The molecule has 2 rings (SSSR count). The van der Waals surface area contributed by atoms with Crippen LogP contribution >= 0.6 is 22.9 Å². The first-order chi connectivity index (χ1) is 9.54. The van der Waals surface area contributed by atoms with E-state index in [0.717, 1.165) is 11.3 Å². The number of carboxylic acids is 1. The van der Waals surface area contributed by atoms with Crippen molar-refractivity contribution in [2.45, 2.75) is 0 Å². The summed E-state index contributed by atoms with van der Waals surface area (Å²) in [6.07, 6.45) is 0. The summed E-state index contributed by atoms with van der Waals surface area (Å²) in [7, 11) is 0. The lowest BCUT2D eigenvalue weighted by Crippen LogP contribution is -2.19. The second-order valence-electron chi connectivity index (χ2n) is 3.80. The molecule has 0 bridgehead atoms. The summed E-state index contributed by atoms with van der Waals surface area (Å²) >= 11 is 6.78. The highest BCUT2D eigenvalue weighted by Gasteiger charge is 2.09. The Morgan fingerprint density at radius 3 is 2.60 bits per heavy atom. The maximum atomic E-state index is 11.6. The number of benzene rings is 1. The minimum Gasteiger partial charge on any atom is -0.483 e. The molecule has 0 aliphatic rings. The van der Waals surface area contributed by atoms with Gasteiger partial charge in [-0.25, -0.2) is 4.79 Å². The Kier molecular flexibility index (Phi) is 4.60. The molecule has 2 N–H and O–H groups in total. The predicted octanol–water partition coefficient (Wildman–Crippen LogP) is 3.12. The number of hydrogen-bond acceptors (Lipinski definition) is 4. The summed E-state index contributed by atoms with van der Waals surface area (Å²) in [4.78, 5) is 22.5. The molecule has 0 spiro atoms. The topological polar surface area (TPSA) is 75.6 Å². The summed E-state index contributed by atoms with van der Waals surface area (Å²) in [5.41, 5.74) is 0.611. The van der Waals surface area contributed by atoms with Crippen molar-refractivity contribution in [2.75, 3.05) is 11.9 Å². The molecular formula is C13H10ClNO4S. The van der Waals surface area contributed by atoms with Gasteiger partial charge in [-0.3, -0.25) is 4.79 Å². The molecule has 1 heterocycles. The molecule has 1 aromatic carbocycles. The van der Waals surface area contributed by atoms with Crippen molar-refractivity contribution in [3.8, 4) is 5.75 Å². The molecule has 5 nitrogen and oxygen atoms in total. The second kappa shape index (κ2) is 6.40. The summed E-state index contributed by atoms with van der Waals surface area (Å²) in [5, 5.41) is 13.5. The van der Waals surface area contributed by atoms with Crippen LogP contribution in [0.5, 0.6) is 5.75 Å². The van der Waals surface area contributed by atoms with Crippen LogP contribution in [0.25, 0.3) is 0 Å². The maximum Gasteiger partial charge on any atom is 0.346 e. The molecule has 0 aliphatic carbocycles. The van der Waals surface area contributed by atoms with Crippen LogP contribution < -0.4 is 10.1 Å². The molecule has 0 saturated heterocycles. The highest BCUT2D eigenvalue weighted by Crippen LogP contribution is 2.21. The van der Waals surface area contributed by atoms with Gasteiger partial charge in [0.1, 0.15) is 10.6 Å². The van der Waals surface area contributed by atoms with E-state index in [1.54, 1.807) is 29.6 Å². The Hall–Kier alpha value is -2.05. The number of carbonyl (C=O) groups is 2. The average Bonchev–Trinajstić information content (AvgIpc) is 2.88. The van der Waals surface area contributed by atoms with Crippen LogP contribution in [-0.2, 0) is 4.79 Å². The third-order valence-electron chi connectivity index (χ3n) is 2.28. The van der Waals surface area contributed by atoms with Gasteiger partial charge in [-0.2, -0.15) is 0 Å². The molecule has 0 atom stereocenters. The van der Waals surface area contributed by atoms with Gasteiger partial charge < -0.3 is 15.2 Å². The maximum absolute atomic E-state index is 11.6. The fourth-order valence-electron chi connectivity index (χ4n) is 1.39. The van der Waals surface area contributed by atoms with Crippen molar-refractivity contribution in [3.05, 3.63) is 45.6 Å². The first-order valence-corrected chi connectivity index (χ1v) is 6.80. The molecule has 0 saturated carbocycles. The van der Waals surface area contributed by atoms with Crippen LogP contribution in [0.2, 0.25) is 5.02 Å². The van der Waals surface area contributed by atoms with Crippen molar-refractivity contribution in [3.63, 3.8) is 0 Å². The van der Waals surface area contributed by atoms with Gasteiger partial charge in [0.05, 0.1) is 0 Å². The Morgan fingerprint density at radius 1 is 1.30 bits per heavy atom. The molecule has 0 fully saturated rings. The third-order valence-corrected chi connectivity index (χ3v) is 3.43. The highest BCUT2D eigenvalue weighted by atomic mass is 35.5. The minimum atomic E-state index is -1.02. The molecule has 1 aromatic heterocycles. The number of halogens is 1. The smallest absolute Gasteiger partial charge is 0.346 e. The van der Waals surface area contributed by atoms with Gasteiger partial charge in [0.15, 0.2) is 6.61 Å². The zero-order chi connectivity index (χ0) is 14.5.